The van der Waals surface area contributed by atoms with Gasteiger partial charge in [0.1, 0.15) is 0 Å². The third-order valence-electron chi connectivity index (χ3n) is 0.0942. The zero-order valence-electron chi connectivity index (χ0n) is 5.73. The zero-order chi connectivity index (χ0) is 5.21. The summed E-state index contributed by atoms with van der Waals surface area (Å²) in [6, 6.07) is 0. The van der Waals surface area contributed by atoms with E-state index in [1.54, 1.807) is 0 Å². The van der Waals surface area contributed by atoms with Gasteiger partial charge in [-0.25, -0.2) is 5.26 Å². The molecule has 8 heavy (non-hydrogen) atoms. The van der Waals surface area contributed by atoms with Crippen molar-refractivity contribution in [3.05, 3.63) is 0 Å². The van der Waals surface area contributed by atoms with Gasteiger partial charge in [0.05, 0.1) is 0 Å². The van der Waals surface area contributed by atoms with Crippen LogP contribution in [0, 0.1) is 0 Å². The maximum atomic E-state index is 9.08. The smallest absolute Gasteiger partial charge is 1.00 e. The SMILES string of the molecule is O.O=S(=O)(O)OO.[Ca+2].[H-].[H-]. The quantitative estimate of drug-likeness (QED) is 0.213. The summed E-state index contributed by atoms with van der Waals surface area (Å²) in [7, 11) is -4.61. The summed E-state index contributed by atoms with van der Waals surface area (Å²) in [5, 5.41) is 7.06. The van der Waals surface area contributed by atoms with Crippen molar-refractivity contribution < 1.29 is 30.9 Å². The summed E-state index contributed by atoms with van der Waals surface area (Å²) in [5.74, 6) is 0. The molecular formula is H6CaO6S. The largest absolute Gasteiger partial charge is 2.00 e. The Hall–Kier alpha value is 1.05. The topological polar surface area (TPSA) is 115 Å². The minimum Gasteiger partial charge on any atom is -1.00 e. The minimum absolute atomic E-state index is 0. The molecule has 0 aliphatic heterocycles. The first-order chi connectivity index (χ1) is 2.56. The van der Waals surface area contributed by atoms with Crippen molar-refractivity contribution in [1.82, 2.24) is 0 Å². The molecule has 0 fully saturated rings. The van der Waals surface area contributed by atoms with Gasteiger partial charge in [0.25, 0.3) is 0 Å². The second-order valence-corrected chi connectivity index (χ2v) is 1.51. The van der Waals surface area contributed by atoms with Gasteiger partial charge < -0.3 is 8.33 Å². The molecule has 0 saturated heterocycles. The number of rotatable bonds is 1. The van der Waals surface area contributed by atoms with Crippen LogP contribution in [0.1, 0.15) is 2.85 Å². The van der Waals surface area contributed by atoms with E-state index in [9.17, 15) is 0 Å². The van der Waals surface area contributed by atoms with Crippen molar-refractivity contribution in [2.75, 3.05) is 0 Å². The summed E-state index contributed by atoms with van der Waals surface area (Å²) >= 11 is 0. The van der Waals surface area contributed by atoms with Gasteiger partial charge in [0.2, 0.25) is 0 Å². The van der Waals surface area contributed by atoms with Gasteiger partial charge in [-0.3, -0.25) is 4.55 Å². The Bertz CT molecular complexity index is 118. The maximum absolute atomic E-state index is 9.08. The second kappa shape index (κ2) is 6.17. The number of hydrogen-bond acceptors (Lipinski definition) is 4. The van der Waals surface area contributed by atoms with Crippen molar-refractivity contribution in [2.24, 2.45) is 0 Å². The summed E-state index contributed by atoms with van der Waals surface area (Å²) in [4.78, 5) is 0. The Morgan fingerprint density at radius 1 is 1.50 bits per heavy atom. The van der Waals surface area contributed by atoms with Gasteiger partial charge in [-0.2, -0.15) is 8.42 Å². The van der Waals surface area contributed by atoms with E-state index in [0.29, 0.717) is 0 Å². The fraction of sp³-hybridized carbons (Fsp3) is 0. The van der Waals surface area contributed by atoms with Crippen molar-refractivity contribution in [3.8, 4) is 0 Å². The van der Waals surface area contributed by atoms with Crippen LogP contribution in [0.25, 0.3) is 0 Å². The Labute approximate surface area is 78.6 Å². The first-order valence-corrected chi connectivity index (χ1v) is 2.23. The second-order valence-electron chi connectivity index (χ2n) is 0.502. The molecule has 0 radical (unpaired) electrons. The summed E-state index contributed by atoms with van der Waals surface area (Å²) in [6.07, 6.45) is 0. The van der Waals surface area contributed by atoms with Crippen LogP contribution in [0.3, 0.4) is 0 Å². The van der Waals surface area contributed by atoms with Crippen LogP contribution in [0.5, 0.6) is 0 Å². The van der Waals surface area contributed by atoms with E-state index in [0.717, 1.165) is 0 Å². The van der Waals surface area contributed by atoms with E-state index in [1.807, 2.05) is 0 Å². The van der Waals surface area contributed by atoms with Crippen LogP contribution >= 0.6 is 0 Å². The summed E-state index contributed by atoms with van der Waals surface area (Å²) in [6.45, 7) is 0. The van der Waals surface area contributed by atoms with Gasteiger partial charge in [-0.15, -0.1) is 0 Å². The average Bonchev–Trinajstić information content (AvgIpc) is 1.35. The van der Waals surface area contributed by atoms with E-state index >= 15 is 0 Å². The molecule has 0 aromatic carbocycles. The molecule has 0 aromatic rings. The van der Waals surface area contributed by atoms with Crippen molar-refractivity contribution in [2.45, 2.75) is 0 Å². The Balaban J connectivity index is -0.0000000208. The van der Waals surface area contributed by atoms with Gasteiger partial charge in [-0.05, 0) is 0 Å². The van der Waals surface area contributed by atoms with E-state index in [-0.39, 0.29) is 46.1 Å². The minimum atomic E-state index is -4.61. The molecule has 6 nitrogen and oxygen atoms in total. The van der Waals surface area contributed by atoms with Crippen molar-refractivity contribution in [1.29, 1.82) is 0 Å². The molecule has 0 unspecified atom stereocenters. The molecule has 0 aliphatic rings. The third kappa shape index (κ3) is 15.7. The zero-order valence-corrected chi connectivity index (χ0v) is 6.76. The maximum Gasteiger partial charge on any atom is 2.00 e. The fourth-order valence-electron chi connectivity index (χ4n) is 0. The first kappa shape index (κ1) is 16.0. The predicted molar refractivity (Wildman–Crippen MR) is 26.9 cm³/mol. The summed E-state index contributed by atoms with van der Waals surface area (Å²) < 4.78 is 28.0. The molecule has 0 spiro atoms. The molecule has 0 amide bonds. The molecule has 0 heterocycles. The van der Waals surface area contributed by atoms with Gasteiger partial charge in [0, 0.05) is 0 Å². The molecule has 0 aromatic heterocycles. The van der Waals surface area contributed by atoms with Gasteiger partial charge >= 0.3 is 48.1 Å². The Morgan fingerprint density at radius 3 is 1.62 bits per heavy atom. The molecule has 8 heteroatoms. The monoisotopic (exact) mass is 174 g/mol. The van der Waals surface area contributed by atoms with Crippen molar-refractivity contribution in [3.63, 3.8) is 0 Å². The molecule has 0 rings (SSSR count). The van der Waals surface area contributed by atoms with Crippen LogP contribution in [0.2, 0.25) is 0 Å². The standard InChI is InChI=1S/Ca.H2O5S.H2O.2H/c;1-5-6(2,3)4;;;/h;1H,(H,2,3,4);1H2;;/q+2;;;2*-1. The van der Waals surface area contributed by atoms with Crippen LogP contribution in [-0.4, -0.2) is 61.4 Å². The average molecular weight is 174 g/mol. The van der Waals surface area contributed by atoms with E-state index < -0.39 is 10.4 Å². The Morgan fingerprint density at radius 2 is 1.62 bits per heavy atom. The third-order valence-corrected chi connectivity index (χ3v) is 0.283. The molecular weight excluding hydrogens is 168 g/mol. The Kier molecular flexibility index (Phi) is 12.4. The molecule has 0 aliphatic carbocycles. The molecule has 0 atom stereocenters. The van der Waals surface area contributed by atoms with E-state index in [1.165, 1.54) is 0 Å². The normalized spacial score (nSPS) is 8.75. The van der Waals surface area contributed by atoms with Crippen LogP contribution in [-0.2, 0) is 14.7 Å². The molecule has 0 saturated carbocycles. The summed E-state index contributed by atoms with van der Waals surface area (Å²) in [5.41, 5.74) is 0. The predicted octanol–water partition coefficient (Wildman–Crippen LogP) is -1.70. The first-order valence-electron chi connectivity index (χ1n) is 0.865. The molecule has 50 valence electrons. The van der Waals surface area contributed by atoms with Gasteiger partial charge in [0.15, 0.2) is 0 Å². The van der Waals surface area contributed by atoms with E-state index in [2.05, 4.69) is 4.33 Å². The van der Waals surface area contributed by atoms with Crippen LogP contribution in [0.15, 0.2) is 0 Å². The van der Waals surface area contributed by atoms with Gasteiger partial charge in [-0.1, -0.05) is 4.33 Å². The molecule has 0 bridgehead atoms. The van der Waals surface area contributed by atoms with Crippen LogP contribution < -0.4 is 0 Å². The number of hydrogen-bond donors (Lipinski definition) is 2. The van der Waals surface area contributed by atoms with E-state index in [4.69, 9.17) is 18.2 Å². The van der Waals surface area contributed by atoms with Crippen molar-refractivity contribution >= 4 is 48.1 Å². The fourth-order valence-corrected chi connectivity index (χ4v) is 0. The van der Waals surface area contributed by atoms with Crippen LogP contribution in [0.4, 0.5) is 0 Å². The molecule has 4 N–H and O–H groups in total.